The fourth-order valence-electron chi connectivity index (χ4n) is 3.03. The van der Waals surface area contributed by atoms with E-state index in [2.05, 4.69) is 6.58 Å². The van der Waals surface area contributed by atoms with Crippen LogP contribution in [0, 0.1) is 0 Å². The summed E-state index contributed by atoms with van der Waals surface area (Å²) in [6.07, 6.45) is 3.69. The van der Waals surface area contributed by atoms with E-state index in [4.69, 9.17) is 9.47 Å². The van der Waals surface area contributed by atoms with Crippen molar-refractivity contribution >= 4 is 5.97 Å². The minimum Gasteiger partial charge on any atom is -0.489 e. The van der Waals surface area contributed by atoms with Crippen molar-refractivity contribution in [2.75, 3.05) is 6.61 Å². The smallest absolute Gasteiger partial charge is 0.303 e. The molecule has 0 heterocycles. The third-order valence-corrected chi connectivity index (χ3v) is 4.16. The molecule has 0 aliphatic heterocycles. The fourth-order valence-corrected chi connectivity index (χ4v) is 3.03. The average Bonchev–Trinajstić information content (AvgIpc) is 2.52. The van der Waals surface area contributed by atoms with Crippen LogP contribution >= 0.6 is 0 Å². The number of esters is 1. The van der Waals surface area contributed by atoms with Crippen LogP contribution in [0.2, 0.25) is 0 Å². The Balaban J connectivity index is 2.18. The molecule has 23 heavy (non-hydrogen) atoms. The average molecular weight is 318 g/mol. The van der Waals surface area contributed by atoms with Crippen LogP contribution in [0.15, 0.2) is 36.4 Å². The van der Waals surface area contributed by atoms with E-state index in [-0.39, 0.29) is 5.97 Å². The topological polar surface area (TPSA) is 55.8 Å². The van der Waals surface area contributed by atoms with Gasteiger partial charge in [-0.1, -0.05) is 38.0 Å². The molecular weight excluding hydrogens is 292 g/mol. The first kappa shape index (κ1) is 17.5. The van der Waals surface area contributed by atoms with E-state index in [0.717, 1.165) is 36.1 Å². The zero-order valence-corrected chi connectivity index (χ0v) is 14.0. The van der Waals surface area contributed by atoms with Gasteiger partial charge in [0.05, 0.1) is 0 Å². The maximum atomic E-state index is 11.5. The van der Waals surface area contributed by atoms with Gasteiger partial charge in [-0.2, -0.15) is 0 Å². The molecule has 4 nitrogen and oxygen atoms in total. The normalized spacial score (nSPS) is 18.0. The van der Waals surface area contributed by atoms with E-state index < -0.39 is 11.7 Å². The molecule has 0 radical (unpaired) electrons. The highest BCUT2D eigenvalue weighted by Gasteiger charge is 2.41. The molecule has 1 unspecified atom stereocenters. The molecule has 1 aromatic rings. The molecule has 126 valence electrons. The lowest BCUT2D eigenvalue weighted by molar-refractivity contribution is -0.168. The number of hydrogen-bond donors (Lipinski definition) is 1. The van der Waals surface area contributed by atoms with Crippen LogP contribution in [-0.4, -0.2) is 23.3 Å². The summed E-state index contributed by atoms with van der Waals surface area (Å²) in [6, 6.07) is 7.38. The van der Waals surface area contributed by atoms with Crippen molar-refractivity contribution in [2.45, 2.75) is 57.7 Å². The monoisotopic (exact) mass is 318 g/mol. The summed E-state index contributed by atoms with van der Waals surface area (Å²) in [5, 5.41) is 11.0. The number of hydrogen-bond acceptors (Lipinski definition) is 4. The van der Waals surface area contributed by atoms with Gasteiger partial charge in [0, 0.05) is 6.92 Å². The van der Waals surface area contributed by atoms with Crippen molar-refractivity contribution in [3.63, 3.8) is 0 Å². The van der Waals surface area contributed by atoms with Gasteiger partial charge < -0.3 is 14.6 Å². The second-order valence-corrected chi connectivity index (χ2v) is 6.47. The summed E-state index contributed by atoms with van der Waals surface area (Å²) in [5.41, 5.74) is 0.764. The minimum absolute atomic E-state index is 0.378. The Labute approximate surface area is 138 Å². The van der Waals surface area contributed by atoms with Crippen LogP contribution in [-0.2, 0) is 9.53 Å². The lowest BCUT2D eigenvalue weighted by Gasteiger charge is -2.38. The van der Waals surface area contributed by atoms with Crippen molar-refractivity contribution in [3.05, 3.63) is 42.0 Å². The van der Waals surface area contributed by atoms with Gasteiger partial charge in [-0.25, -0.2) is 0 Å². The molecule has 0 aromatic heterocycles. The lowest BCUT2D eigenvalue weighted by atomic mass is 9.78. The maximum Gasteiger partial charge on any atom is 0.303 e. The summed E-state index contributed by atoms with van der Waals surface area (Å²) < 4.78 is 11.1. The number of carbonyl (C=O) groups excluding carboxylic acids is 1. The van der Waals surface area contributed by atoms with Gasteiger partial charge in [-0.3, -0.25) is 4.79 Å². The van der Waals surface area contributed by atoms with Gasteiger partial charge in [0.2, 0.25) is 0 Å². The molecule has 1 atom stereocenters. The Morgan fingerprint density at radius 3 is 2.35 bits per heavy atom. The van der Waals surface area contributed by atoms with Crippen LogP contribution in [0.3, 0.4) is 0 Å². The number of rotatable bonds is 6. The lowest BCUT2D eigenvalue weighted by Crippen LogP contribution is -2.40. The molecule has 1 fully saturated rings. The van der Waals surface area contributed by atoms with Crippen molar-refractivity contribution in [2.24, 2.45) is 0 Å². The van der Waals surface area contributed by atoms with Crippen LogP contribution < -0.4 is 4.74 Å². The number of carbonyl (C=O) groups is 1. The first-order valence-electron chi connectivity index (χ1n) is 8.17. The largest absolute Gasteiger partial charge is 0.489 e. The molecule has 1 aliphatic rings. The third kappa shape index (κ3) is 4.83. The van der Waals surface area contributed by atoms with Crippen LogP contribution in [0.4, 0.5) is 0 Å². The van der Waals surface area contributed by atoms with E-state index >= 15 is 0 Å². The van der Waals surface area contributed by atoms with E-state index in [1.165, 1.54) is 6.92 Å². The predicted octanol–water partition coefficient (Wildman–Crippen LogP) is 3.94. The van der Waals surface area contributed by atoms with E-state index in [1.54, 1.807) is 0 Å². The zero-order valence-electron chi connectivity index (χ0n) is 14.0. The number of benzene rings is 1. The van der Waals surface area contributed by atoms with Gasteiger partial charge >= 0.3 is 5.97 Å². The highest BCUT2D eigenvalue weighted by Crippen LogP contribution is 2.41. The summed E-state index contributed by atoms with van der Waals surface area (Å²) in [6.45, 7) is 7.56. The number of ether oxygens (including phenoxy) is 2. The molecule has 2 rings (SSSR count). The Kier molecular flexibility index (Phi) is 5.83. The molecule has 0 bridgehead atoms. The maximum absolute atomic E-state index is 11.5. The standard InChI is InChI=1S/C19H26O4/c1-14(2)13-22-17-9-7-16(8-10-17)18(23-15(3)20)19(21)11-5-4-6-12-19/h7-10,18,21H,1,4-6,11-13H2,2-3H3. The van der Waals surface area contributed by atoms with Gasteiger partial charge in [0.25, 0.3) is 0 Å². The fraction of sp³-hybridized carbons (Fsp3) is 0.526. The van der Waals surface area contributed by atoms with Gasteiger partial charge in [-0.05, 0) is 43.0 Å². The number of aliphatic hydroxyl groups is 1. The van der Waals surface area contributed by atoms with Gasteiger partial charge in [-0.15, -0.1) is 0 Å². The Bertz CT molecular complexity index is 541. The molecule has 4 heteroatoms. The third-order valence-electron chi connectivity index (χ3n) is 4.16. The first-order valence-corrected chi connectivity index (χ1v) is 8.17. The molecule has 1 aromatic carbocycles. The van der Waals surface area contributed by atoms with Crippen molar-refractivity contribution in [1.29, 1.82) is 0 Å². The summed E-state index contributed by atoms with van der Waals surface area (Å²) in [5.74, 6) is 0.352. The Hall–Kier alpha value is -1.81. The van der Waals surface area contributed by atoms with Crippen LogP contribution in [0.25, 0.3) is 0 Å². The van der Waals surface area contributed by atoms with E-state index in [1.807, 2.05) is 31.2 Å². The quantitative estimate of drug-likeness (QED) is 0.637. The molecule has 0 amide bonds. The highest BCUT2D eigenvalue weighted by molar-refractivity contribution is 5.66. The van der Waals surface area contributed by atoms with Gasteiger partial charge in [0.1, 0.15) is 18.0 Å². The zero-order chi connectivity index (χ0) is 16.9. The molecular formula is C19H26O4. The SMILES string of the molecule is C=C(C)COc1ccc(C(OC(C)=O)C2(O)CCCCC2)cc1. The highest BCUT2D eigenvalue weighted by atomic mass is 16.6. The van der Waals surface area contributed by atoms with Crippen molar-refractivity contribution < 1.29 is 19.4 Å². The Morgan fingerprint density at radius 1 is 1.22 bits per heavy atom. The molecule has 1 saturated carbocycles. The minimum atomic E-state index is -0.982. The summed E-state index contributed by atoms with van der Waals surface area (Å²) in [4.78, 5) is 11.5. The van der Waals surface area contributed by atoms with Gasteiger partial charge in [0.15, 0.2) is 6.10 Å². The van der Waals surface area contributed by atoms with Crippen LogP contribution in [0.1, 0.15) is 57.6 Å². The Morgan fingerprint density at radius 2 is 1.83 bits per heavy atom. The van der Waals surface area contributed by atoms with Crippen molar-refractivity contribution in [3.8, 4) is 5.75 Å². The second-order valence-electron chi connectivity index (χ2n) is 6.47. The van der Waals surface area contributed by atoms with Crippen molar-refractivity contribution in [1.82, 2.24) is 0 Å². The first-order chi connectivity index (χ1) is 10.9. The summed E-state index contributed by atoms with van der Waals surface area (Å²) in [7, 11) is 0. The summed E-state index contributed by atoms with van der Waals surface area (Å²) >= 11 is 0. The molecule has 1 N–H and O–H groups in total. The molecule has 1 aliphatic carbocycles. The molecule has 0 saturated heterocycles. The second kappa shape index (κ2) is 7.64. The van der Waals surface area contributed by atoms with E-state index in [0.29, 0.717) is 19.4 Å². The molecule has 0 spiro atoms. The van der Waals surface area contributed by atoms with E-state index in [9.17, 15) is 9.90 Å². The predicted molar refractivity (Wildman–Crippen MR) is 89.3 cm³/mol. The van der Waals surface area contributed by atoms with Crippen LogP contribution in [0.5, 0.6) is 5.75 Å².